The highest BCUT2D eigenvalue weighted by atomic mass is 79.9. The van der Waals surface area contributed by atoms with E-state index < -0.39 is 6.10 Å². The van der Waals surface area contributed by atoms with Crippen LogP contribution in [-0.4, -0.2) is 16.2 Å². The molecule has 0 amide bonds. The van der Waals surface area contributed by atoms with E-state index in [1.54, 1.807) is 0 Å². The Bertz CT molecular complexity index is 527. The number of aromatic nitrogens is 1. The zero-order chi connectivity index (χ0) is 13.1. The molecule has 3 nitrogen and oxygen atoms in total. The van der Waals surface area contributed by atoms with Gasteiger partial charge in [0.15, 0.2) is 0 Å². The second-order valence-corrected chi connectivity index (χ2v) is 5.85. The van der Waals surface area contributed by atoms with Gasteiger partial charge in [-0.05, 0) is 47.5 Å². The van der Waals surface area contributed by atoms with Crippen molar-refractivity contribution in [1.82, 2.24) is 4.98 Å². The lowest BCUT2D eigenvalue weighted by molar-refractivity contribution is 0.216. The van der Waals surface area contributed by atoms with Crippen LogP contribution in [0.4, 0.5) is 0 Å². The SMILES string of the molecule is CC(C)Oc1cccc(C(O)c2nc(Br)cs2)c1. The molecular weight excluding hydrogens is 314 g/mol. The van der Waals surface area contributed by atoms with Crippen LogP contribution in [-0.2, 0) is 0 Å². The Hall–Kier alpha value is -0.910. The van der Waals surface area contributed by atoms with Crippen molar-refractivity contribution in [3.63, 3.8) is 0 Å². The van der Waals surface area contributed by atoms with Crippen molar-refractivity contribution in [3.8, 4) is 5.75 Å². The zero-order valence-corrected chi connectivity index (χ0v) is 12.5. The van der Waals surface area contributed by atoms with E-state index in [2.05, 4.69) is 20.9 Å². The van der Waals surface area contributed by atoms with E-state index in [9.17, 15) is 5.11 Å². The summed E-state index contributed by atoms with van der Waals surface area (Å²) in [5.41, 5.74) is 0.787. The molecule has 1 unspecified atom stereocenters. The Kier molecular flexibility index (Phi) is 4.37. The predicted molar refractivity (Wildman–Crippen MR) is 76.1 cm³/mol. The first kappa shape index (κ1) is 13.5. The molecule has 5 heteroatoms. The van der Waals surface area contributed by atoms with Gasteiger partial charge in [-0.3, -0.25) is 0 Å². The van der Waals surface area contributed by atoms with Gasteiger partial charge in [0, 0.05) is 5.38 Å². The summed E-state index contributed by atoms with van der Waals surface area (Å²) >= 11 is 4.71. The number of aliphatic hydroxyl groups excluding tert-OH is 1. The number of hydrogen-bond donors (Lipinski definition) is 1. The van der Waals surface area contributed by atoms with Crippen LogP contribution in [0, 0.1) is 0 Å². The van der Waals surface area contributed by atoms with Crippen LogP contribution in [0.5, 0.6) is 5.75 Å². The van der Waals surface area contributed by atoms with E-state index in [0.717, 1.165) is 15.9 Å². The molecule has 0 aliphatic rings. The highest BCUT2D eigenvalue weighted by molar-refractivity contribution is 9.10. The molecule has 96 valence electrons. The van der Waals surface area contributed by atoms with Crippen LogP contribution in [0.2, 0.25) is 0 Å². The molecule has 1 N–H and O–H groups in total. The highest BCUT2D eigenvalue weighted by Crippen LogP contribution is 2.28. The summed E-state index contributed by atoms with van der Waals surface area (Å²) in [7, 11) is 0. The van der Waals surface area contributed by atoms with Gasteiger partial charge in [-0.1, -0.05) is 12.1 Å². The Morgan fingerprint density at radius 3 is 2.78 bits per heavy atom. The van der Waals surface area contributed by atoms with E-state index in [0.29, 0.717) is 5.01 Å². The fourth-order valence-electron chi connectivity index (χ4n) is 1.57. The molecule has 0 bridgehead atoms. The standard InChI is InChI=1S/C13H14BrNO2S/c1-8(2)17-10-5-3-4-9(6-10)12(16)13-15-11(14)7-18-13/h3-8,12,16H,1-2H3. The molecule has 0 aliphatic heterocycles. The topological polar surface area (TPSA) is 42.4 Å². The largest absolute Gasteiger partial charge is 0.491 e. The number of halogens is 1. The van der Waals surface area contributed by atoms with Gasteiger partial charge in [0.05, 0.1) is 6.10 Å². The molecule has 2 aromatic rings. The summed E-state index contributed by atoms with van der Waals surface area (Å²) in [6.07, 6.45) is -0.594. The van der Waals surface area contributed by atoms with Gasteiger partial charge in [-0.2, -0.15) is 0 Å². The van der Waals surface area contributed by atoms with E-state index in [-0.39, 0.29) is 6.10 Å². The molecule has 18 heavy (non-hydrogen) atoms. The monoisotopic (exact) mass is 327 g/mol. The fourth-order valence-corrected chi connectivity index (χ4v) is 2.84. The van der Waals surface area contributed by atoms with E-state index in [4.69, 9.17) is 4.74 Å². The lowest BCUT2D eigenvalue weighted by atomic mass is 10.1. The summed E-state index contributed by atoms with van der Waals surface area (Å²) in [6.45, 7) is 3.95. The number of ether oxygens (including phenoxy) is 1. The maximum atomic E-state index is 10.2. The normalized spacial score (nSPS) is 12.7. The third kappa shape index (κ3) is 3.31. The van der Waals surface area contributed by atoms with Crippen molar-refractivity contribution in [3.05, 3.63) is 44.8 Å². The van der Waals surface area contributed by atoms with Gasteiger partial charge in [0.2, 0.25) is 0 Å². The van der Waals surface area contributed by atoms with E-state index >= 15 is 0 Å². The molecule has 0 aliphatic carbocycles. The van der Waals surface area contributed by atoms with Gasteiger partial charge in [0.25, 0.3) is 0 Å². The minimum absolute atomic E-state index is 0.117. The molecule has 2 rings (SSSR count). The van der Waals surface area contributed by atoms with Crippen molar-refractivity contribution >= 4 is 27.3 Å². The minimum Gasteiger partial charge on any atom is -0.491 e. The van der Waals surface area contributed by atoms with Crippen molar-refractivity contribution in [1.29, 1.82) is 0 Å². The first-order valence-electron chi connectivity index (χ1n) is 5.62. The smallest absolute Gasteiger partial charge is 0.131 e. The molecular formula is C13H14BrNO2S. The molecule has 0 spiro atoms. The van der Waals surface area contributed by atoms with Crippen LogP contribution in [0.15, 0.2) is 34.2 Å². The number of aliphatic hydroxyl groups is 1. The summed E-state index contributed by atoms with van der Waals surface area (Å²) in [5.74, 6) is 0.761. The fraction of sp³-hybridized carbons (Fsp3) is 0.308. The summed E-state index contributed by atoms with van der Waals surface area (Å²) in [5, 5.41) is 12.8. The highest BCUT2D eigenvalue weighted by Gasteiger charge is 2.15. The zero-order valence-electron chi connectivity index (χ0n) is 10.1. The lowest BCUT2D eigenvalue weighted by Crippen LogP contribution is -2.06. The number of benzene rings is 1. The first-order chi connectivity index (χ1) is 8.56. The van der Waals surface area contributed by atoms with Crippen LogP contribution in [0.1, 0.15) is 30.5 Å². The maximum Gasteiger partial charge on any atom is 0.131 e. The number of nitrogens with zero attached hydrogens (tertiary/aromatic N) is 1. The van der Waals surface area contributed by atoms with Crippen molar-refractivity contribution in [2.75, 3.05) is 0 Å². The Morgan fingerprint density at radius 2 is 2.17 bits per heavy atom. The Morgan fingerprint density at radius 1 is 1.39 bits per heavy atom. The Labute approximate surface area is 119 Å². The van der Waals surface area contributed by atoms with E-state index in [1.807, 2.05) is 43.5 Å². The van der Waals surface area contributed by atoms with Crippen LogP contribution in [0.25, 0.3) is 0 Å². The summed E-state index contributed by atoms with van der Waals surface area (Å²) < 4.78 is 6.36. The number of rotatable bonds is 4. The van der Waals surface area contributed by atoms with Gasteiger partial charge in [-0.15, -0.1) is 11.3 Å². The molecule has 1 atom stereocenters. The van der Waals surface area contributed by atoms with Gasteiger partial charge < -0.3 is 9.84 Å². The third-order valence-electron chi connectivity index (χ3n) is 2.27. The predicted octanol–water partition coefficient (Wildman–Crippen LogP) is 3.77. The molecule has 0 radical (unpaired) electrons. The molecule has 1 aromatic carbocycles. The minimum atomic E-state index is -0.711. The third-order valence-corrected chi connectivity index (χ3v) is 3.88. The quantitative estimate of drug-likeness (QED) is 0.929. The second-order valence-electron chi connectivity index (χ2n) is 4.15. The molecule has 0 fully saturated rings. The van der Waals surface area contributed by atoms with Crippen molar-refractivity contribution in [2.24, 2.45) is 0 Å². The number of hydrogen-bond acceptors (Lipinski definition) is 4. The molecule has 1 aromatic heterocycles. The Balaban J connectivity index is 2.22. The van der Waals surface area contributed by atoms with Crippen LogP contribution >= 0.6 is 27.3 Å². The van der Waals surface area contributed by atoms with Gasteiger partial charge in [0.1, 0.15) is 21.5 Å². The first-order valence-corrected chi connectivity index (χ1v) is 7.29. The average Bonchev–Trinajstić information content (AvgIpc) is 2.74. The molecule has 1 heterocycles. The van der Waals surface area contributed by atoms with Crippen LogP contribution in [0.3, 0.4) is 0 Å². The summed E-state index contributed by atoms with van der Waals surface area (Å²) in [4.78, 5) is 4.22. The summed E-state index contributed by atoms with van der Waals surface area (Å²) in [6, 6.07) is 7.47. The molecule has 0 saturated heterocycles. The second kappa shape index (κ2) is 5.82. The van der Waals surface area contributed by atoms with Gasteiger partial charge in [-0.25, -0.2) is 4.98 Å². The average molecular weight is 328 g/mol. The lowest BCUT2D eigenvalue weighted by Gasteiger charge is -2.13. The van der Waals surface area contributed by atoms with Gasteiger partial charge >= 0.3 is 0 Å². The van der Waals surface area contributed by atoms with Crippen molar-refractivity contribution < 1.29 is 9.84 Å². The maximum absolute atomic E-state index is 10.2. The van der Waals surface area contributed by atoms with Crippen molar-refractivity contribution in [2.45, 2.75) is 26.1 Å². The molecule has 0 saturated carbocycles. The van der Waals surface area contributed by atoms with E-state index in [1.165, 1.54) is 11.3 Å². The number of thiazole rings is 1. The van der Waals surface area contributed by atoms with Crippen LogP contribution < -0.4 is 4.74 Å².